The first-order valence-electron chi connectivity index (χ1n) is 8.72. The van der Waals surface area contributed by atoms with Crippen molar-refractivity contribution in [2.24, 2.45) is 0 Å². The van der Waals surface area contributed by atoms with E-state index in [-0.39, 0.29) is 12.1 Å². The Morgan fingerprint density at radius 3 is 1.54 bits per heavy atom. The minimum absolute atomic E-state index is 0.282. The standard InChI is InChI=1S/C18H20B2N6/c1-15(23-11-13-25(19-23)17-7-3-5-9-21-17)16(2)24-12-14-26(20-24)18-8-4-6-10-22-18/h3-16H,1-2H3. The molecule has 0 bridgehead atoms. The first-order chi connectivity index (χ1) is 12.7. The Bertz CT molecular complexity index is 717. The van der Waals surface area contributed by atoms with Crippen LogP contribution in [0.25, 0.3) is 0 Å². The van der Waals surface area contributed by atoms with Gasteiger partial charge in [-0.05, 0) is 38.1 Å². The molecule has 2 radical (unpaired) electrons. The second-order valence-electron chi connectivity index (χ2n) is 6.39. The fourth-order valence-corrected chi connectivity index (χ4v) is 3.00. The van der Waals surface area contributed by atoms with Gasteiger partial charge in [-0.15, -0.1) is 0 Å². The normalized spacial score (nSPS) is 18.1. The largest absolute Gasteiger partial charge is 0.399 e. The lowest BCUT2D eigenvalue weighted by molar-refractivity contribution is 0.300. The van der Waals surface area contributed by atoms with Crippen LogP contribution in [0.5, 0.6) is 0 Å². The second-order valence-corrected chi connectivity index (χ2v) is 6.39. The van der Waals surface area contributed by atoms with Gasteiger partial charge in [0.2, 0.25) is 0 Å². The summed E-state index contributed by atoms with van der Waals surface area (Å²) >= 11 is 0. The van der Waals surface area contributed by atoms with Crippen molar-refractivity contribution in [2.45, 2.75) is 25.9 Å². The summed E-state index contributed by atoms with van der Waals surface area (Å²) in [6.07, 6.45) is 11.9. The predicted octanol–water partition coefficient (Wildman–Crippen LogP) is 2.21. The van der Waals surface area contributed by atoms with E-state index in [0.717, 1.165) is 11.6 Å². The van der Waals surface area contributed by atoms with Gasteiger partial charge in [-0.2, -0.15) is 0 Å². The van der Waals surface area contributed by atoms with E-state index in [2.05, 4.69) is 60.9 Å². The molecule has 0 amide bonds. The van der Waals surface area contributed by atoms with Gasteiger partial charge in [0, 0.05) is 49.3 Å². The summed E-state index contributed by atoms with van der Waals surface area (Å²) in [6.45, 7) is 4.44. The molecule has 0 saturated carbocycles. The van der Waals surface area contributed by atoms with Crippen LogP contribution >= 0.6 is 0 Å². The van der Waals surface area contributed by atoms with Crippen molar-refractivity contribution in [3.8, 4) is 0 Å². The average molecular weight is 342 g/mol. The molecule has 0 fully saturated rings. The molecule has 2 aliphatic rings. The number of nitrogens with zero attached hydrogens (tertiary/aromatic N) is 6. The second kappa shape index (κ2) is 7.15. The Kier molecular flexibility index (Phi) is 4.56. The van der Waals surface area contributed by atoms with Gasteiger partial charge in [0.05, 0.1) is 0 Å². The van der Waals surface area contributed by atoms with Crippen LogP contribution in [0.3, 0.4) is 0 Å². The summed E-state index contributed by atoms with van der Waals surface area (Å²) in [5.41, 5.74) is 0. The minimum atomic E-state index is 0.282. The minimum Gasteiger partial charge on any atom is -0.399 e. The summed E-state index contributed by atoms with van der Waals surface area (Å²) in [7, 11) is 4.17. The van der Waals surface area contributed by atoms with Crippen molar-refractivity contribution in [1.29, 1.82) is 0 Å². The van der Waals surface area contributed by atoms with Crippen molar-refractivity contribution in [3.63, 3.8) is 0 Å². The van der Waals surface area contributed by atoms with Crippen LogP contribution in [0.2, 0.25) is 0 Å². The van der Waals surface area contributed by atoms with Crippen molar-refractivity contribution in [2.75, 3.05) is 9.62 Å². The summed E-state index contributed by atoms with van der Waals surface area (Å²) in [4.78, 5) is 17.3. The van der Waals surface area contributed by atoms with Gasteiger partial charge in [0.15, 0.2) is 0 Å². The lowest BCUT2D eigenvalue weighted by Gasteiger charge is -2.35. The van der Waals surface area contributed by atoms with Crippen LogP contribution in [0.4, 0.5) is 11.6 Å². The van der Waals surface area contributed by atoms with Gasteiger partial charge in [0.1, 0.15) is 11.6 Å². The molecular weight excluding hydrogens is 322 g/mol. The Hall–Kier alpha value is -2.89. The molecule has 26 heavy (non-hydrogen) atoms. The summed E-state index contributed by atoms with van der Waals surface area (Å²) in [6, 6.07) is 12.4. The predicted molar refractivity (Wildman–Crippen MR) is 106 cm³/mol. The first-order valence-corrected chi connectivity index (χ1v) is 8.72. The van der Waals surface area contributed by atoms with E-state index in [1.165, 1.54) is 0 Å². The molecule has 128 valence electrons. The van der Waals surface area contributed by atoms with Crippen molar-refractivity contribution in [1.82, 2.24) is 19.6 Å². The SMILES string of the molecule is CC(C(C)N1[B]N(c2ccccn2)C=C1)N1[B]N(c2ccccn2)C=C1. The van der Waals surface area contributed by atoms with Crippen LogP contribution in [0.15, 0.2) is 73.6 Å². The monoisotopic (exact) mass is 342 g/mol. The third kappa shape index (κ3) is 3.27. The lowest BCUT2D eigenvalue weighted by atomic mass is 9.96. The number of rotatable bonds is 5. The topological polar surface area (TPSA) is 38.7 Å². The van der Waals surface area contributed by atoms with Gasteiger partial charge >= 0.3 is 15.1 Å². The Balaban J connectivity index is 1.36. The highest BCUT2D eigenvalue weighted by Crippen LogP contribution is 2.22. The van der Waals surface area contributed by atoms with E-state index in [4.69, 9.17) is 0 Å². The van der Waals surface area contributed by atoms with E-state index in [1.54, 1.807) is 0 Å². The van der Waals surface area contributed by atoms with Gasteiger partial charge in [-0.3, -0.25) is 0 Å². The van der Waals surface area contributed by atoms with E-state index >= 15 is 0 Å². The maximum absolute atomic E-state index is 4.40. The Morgan fingerprint density at radius 2 is 1.15 bits per heavy atom. The highest BCUT2D eigenvalue weighted by molar-refractivity contribution is 6.41. The molecule has 4 rings (SSSR count). The molecule has 4 heterocycles. The maximum Gasteiger partial charge on any atom is 0.397 e. The quantitative estimate of drug-likeness (QED) is 0.776. The molecular formula is C18H20B2N6. The molecule has 0 spiro atoms. The van der Waals surface area contributed by atoms with Crippen molar-refractivity contribution >= 4 is 26.7 Å². The number of aromatic nitrogens is 2. The van der Waals surface area contributed by atoms with Gasteiger partial charge in [-0.1, -0.05) is 12.1 Å². The zero-order valence-corrected chi connectivity index (χ0v) is 14.9. The van der Waals surface area contributed by atoms with Crippen molar-refractivity contribution < 1.29 is 0 Å². The summed E-state index contributed by atoms with van der Waals surface area (Å²) in [5.74, 6) is 1.83. The average Bonchev–Trinajstić information content (AvgIpc) is 3.38. The molecule has 2 aromatic rings. The smallest absolute Gasteiger partial charge is 0.397 e. The van der Waals surface area contributed by atoms with E-state index < -0.39 is 0 Å². The Labute approximate surface area is 156 Å². The molecule has 2 aromatic heterocycles. The van der Waals surface area contributed by atoms with Crippen LogP contribution in [0, 0.1) is 0 Å². The molecule has 8 heteroatoms. The highest BCUT2D eigenvalue weighted by atomic mass is 15.3. The van der Waals surface area contributed by atoms with Gasteiger partial charge in [-0.25, -0.2) is 9.97 Å². The third-order valence-electron chi connectivity index (χ3n) is 4.78. The molecule has 2 unspecified atom stereocenters. The number of hydrogen-bond acceptors (Lipinski definition) is 6. The zero-order chi connectivity index (χ0) is 17.9. The molecule has 0 N–H and O–H groups in total. The fourth-order valence-electron chi connectivity index (χ4n) is 3.00. The summed E-state index contributed by atoms with van der Waals surface area (Å²) in [5, 5.41) is 0. The Morgan fingerprint density at radius 1 is 0.692 bits per heavy atom. The van der Waals surface area contributed by atoms with Crippen LogP contribution in [0.1, 0.15) is 13.8 Å². The third-order valence-corrected chi connectivity index (χ3v) is 4.78. The molecule has 2 aliphatic heterocycles. The van der Waals surface area contributed by atoms with Crippen LogP contribution in [-0.2, 0) is 0 Å². The fraction of sp³-hybridized carbons (Fsp3) is 0.222. The number of anilines is 2. The van der Waals surface area contributed by atoms with Crippen LogP contribution < -0.4 is 9.62 Å². The molecule has 0 aliphatic carbocycles. The molecule has 2 atom stereocenters. The number of hydrogen-bond donors (Lipinski definition) is 0. The van der Waals surface area contributed by atoms with Gasteiger partial charge < -0.3 is 19.2 Å². The molecule has 0 aromatic carbocycles. The first kappa shape index (κ1) is 16.6. The maximum atomic E-state index is 4.40. The number of pyridine rings is 2. The molecule has 6 nitrogen and oxygen atoms in total. The highest BCUT2D eigenvalue weighted by Gasteiger charge is 2.30. The van der Waals surface area contributed by atoms with Gasteiger partial charge in [0.25, 0.3) is 0 Å². The zero-order valence-electron chi connectivity index (χ0n) is 14.9. The summed E-state index contributed by atoms with van der Waals surface area (Å²) < 4.78 is 0. The van der Waals surface area contributed by atoms with E-state index in [0.29, 0.717) is 0 Å². The van der Waals surface area contributed by atoms with Crippen LogP contribution in [-0.4, -0.2) is 46.8 Å². The molecule has 0 saturated heterocycles. The van der Waals surface area contributed by atoms with Crippen molar-refractivity contribution in [3.05, 3.63) is 73.6 Å². The lowest BCUT2D eigenvalue weighted by Crippen LogP contribution is -2.49. The van der Waals surface area contributed by atoms with E-state index in [1.807, 2.05) is 70.8 Å². The van der Waals surface area contributed by atoms with E-state index in [9.17, 15) is 0 Å².